The topological polar surface area (TPSA) is 60.2 Å². The molecule has 0 bridgehead atoms. The number of hydrogen-bond donors (Lipinski definition) is 1. The molecule has 5 nitrogen and oxygen atoms in total. The Balaban J connectivity index is 2.20. The SMILES string of the molecule is CCNC(C)CCc1nc(CCOCC(F)F)no1. The van der Waals surface area contributed by atoms with E-state index >= 15 is 0 Å². The van der Waals surface area contributed by atoms with Crippen LogP contribution in [0.5, 0.6) is 0 Å². The van der Waals surface area contributed by atoms with Gasteiger partial charge in [-0.25, -0.2) is 8.78 Å². The van der Waals surface area contributed by atoms with Crippen molar-refractivity contribution in [2.75, 3.05) is 19.8 Å². The number of hydrogen-bond acceptors (Lipinski definition) is 5. The van der Waals surface area contributed by atoms with Gasteiger partial charge in [0.2, 0.25) is 5.89 Å². The second-order valence-electron chi connectivity index (χ2n) is 4.32. The Morgan fingerprint density at radius 2 is 2.16 bits per heavy atom. The zero-order chi connectivity index (χ0) is 14.1. The molecule has 1 rings (SSSR count). The van der Waals surface area contributed by atoms with E-state index in [0.29, 0.717) is 30.6 Å². The number of aryl methyl sites for hydroxylation is 1. The van der Waals surface area contributed by atoms with Crippen LogP contribution in [0.2, 0.25) is 0 Å². The lowest BCUT2D eigenvalue weighted by molar-refractivity contribution is 0.0182. The van der Waals surface area contributed by atoms with Crippen LogP contribution in [0.15, 0.2) is 4.52 Å². The first-order valence-corrected chi connectivity index (χ1v) is 6.52. The van der Waals surface area contributed by atoms with Gasteiger partial charge in [-0.1, -0.05) is 12.1 Å². The van der Waals surface area contributed by atoms with Gasteiger partial charge in [-0.3, -0.25) is 0 Å². The van der Waals surface area contributed by atoms with Crippen LogP contribution in [0.1, 0.15) is 32.0 Å². The summed E-state index contributed by atoms with van der Waals surface area (Å²) >= 11 is 0. The van der Waals surface area contributed by atoms with E-state index < -0.39 is 13.0 Å². The molecule has 0 saturated heterocycles. The van der Waals surface area contributed by atoms with Gasteiger partial charge in [-0.05, 0) is 19.9 Å². The number of nitrogens with zero attached hydrogens (tertiary/aromatic N) is 2. The fraction of sp³-hybridized carbons (Fsp3) is 0.833. The van der Waals surface area contributed by atoms with Crippen molar-refractivity contribution in [3.8, 4) is 0 Å². The quantitative estimate of drug-likeness (QED) is 0.661. The first kappa shape index (κ1) is 16.0. The van der Waals surface area contributed by atoms with E-state index in [9.17, 15) is 8.78 Å². The summed E-state index contributed by atoms with van der Waals surface area (Å²) in [4.78, 5) is 4.19. The third kappa shape index (κ3) is 7.17. The average Bonchev–Trinajstić information content (AvgIpc) is 2.80. The number of ether oxygens (including phenoxy) is 1. The van der Waals surface area contributed by atoms with Crippen LogP contribution in [0.3, 0.4) is 0 Å². The highest BCUT2D eigenvalue weighted by atomic mass is 19.3. The normalized spacial score (nSPS) is 13.1. The summed E-state index contributed by atoms with van der Waals surface area (Å²) in [6.45, 7) is 4.71. The monoisotopic (exact) mass is 277 g/mol. The first-order valence-electron chi connectivity index (χ1n) is 6.52. The van der Waals surface area contributed by atoms with Crippen molar-refractivity contribution in [2.45, 2.75) is 45.6 Å². The highest BCUT2D eigenvalue weighted by molar-refractivity contribution is 4.87. The Morgan fingerprint density at radius 3 is 2.84 bits per heavy atom. The molecular weight excluding hydrogens is 256 g/mol. The van der Waals surface area contributed by atoms with Crippen molar-refractivity contribution >= 4 is 0 Å². The molecule has 0 radical (unpaired) electrons. The molecule has 0 aliphatic rings. The summed E-state index contributed by atoms with van der Waals surface area (Å²) in [6, 6.07) is 0.398. The van der Waals surface area contributed by atoms with Gasteiger partial charge < -0.3 is 14.6 Å². The van der Waals surface area contributed by atoms with Crippen LogP contribution in [-0.2, 0) is 17.6 Å². The maximum absolute atomic E-state index is 11.8. The molecule has 7 heteroatoms. The van der Waals surface area contributed by atoms with Crippen molar-refractivity contribution in [2.24, 2.45) is 0 Å². The van der Waals surface area contributed by atoms with Gasteiger partial charge in [0.15, 0.2) is 5.82 Å². The van der Waals surface area contributed by atoms with Gasteiger partial charge in [-0.2, -0.15) is 4.98 Å². The second-order valence-corrected chi connectivity index (χ2v) is 4.32. The van der Waals surface area contributed by atoms with E-state index in [1.165, 1.54) is 0 Å². The Hall–Kier alpha value is -1.08. The summed E-state index contributed by atoms with van der Waals surface area (Å²) in [6.07, 6.45) is -0.427. The van der Waals surface area contributed by atoms with E-state index in [1.54, 1.807) is 0 Å². The zero-order valence-corrected chi connectivity index (χ0v) is 11.4. The van der Waals surface area contributed by atoms with Crippen molar-refractivity contribution in [1.29, 1.82) is 0 Å². The standard InChI is InChI=1S/C12H21F2N3O2/c1-3-15-9(2)4-5-12-16-11(17-19-12)6-7-18-8-10(13)14/h9-10,15H,3-8H2,1-2H3. The third-order valence-electron chi connectivity index (χ3n) is 2.57. The van der Waals surface area contributed by atoms with E-state index in [-0.39, 0.29) is 6.61 Å². The number of alkyl halides is 2. The molecular formula is C12H21F2N3O2. The smallest absolute Gasteiger partial charge is 0.261 e. The minimum absolute atomic E-state index is 0.178. The number of rotatable bonds is 10. The van der Waals surface area contributed by atoms with E-state index in [2.05, 4.69) is 29.3 Å². The molecule has 1 N–H and O–H groups in total. The predicted octanol–water partition coefficient (Wildman–Crippen LogP) is 1.82. The summed E-state index contributed by atoms with van der Waals surface area (Å²) in [5.74, 6) is 1.08. The third-order valence-corrected chi connectivity index (χ3v) is 2.57. The highest BCUT2D eigenvalue weighted by Crippen LogP contribution is 2.04. The van der Waals surface area contributed by atoms with Crippen LogP contribution in [0.25, 0.3) is 0 Å². The number of aromatic nitrogens is 2. The van der Waals surface area contributed by atoms with Crippen molar-refractivity contribution in [3.05, 3.63) is 11.7 Å². The maximum Gasteiger partial charge on any atom is 0.261 e. The molecule has 0 aliphatic carbocycles. The Kier molecular flexibility index (Phi) is 7.50. The molecule has 0 amide bonds. The second kappa shape index (κ2) is 8.92. The molecule has 0 aliphatic heterocycles. The summed E-state index contributed by atoms with van der Waals surface area (Å²) in [5, 5.41) is 7.08. The first-order chi connectivity index (χ1) is 9.11. The van der Waals surface area contributed by atoms with E-state index in [1.807, 2.05) is 0 Å². The molecule has 1 atom stereocenters. The summed E-state index contributed by atoms with van der Waals surface area (Å²) in [5.41, 5.74) is 0. The minimum Gasteiger partial charge on any atom is -0.375 e. The van der Waals surface area contributed by atoms with Crippen molar-refractivity contribution < 1.29 is 18.0 Å². The van der Waals surface area contributed by atoms with E-state index in [4.69, 9.17) is 9.26 Å². The lowest BCUT2D eigenvalue weighted by atomic mass is 10.2. The van der Waals surface area contributed by atoms with Gasteiger partial charge >= 0.3 is 0 Å². The van der Waals surface area contributed by atoms with Crippen LogP contribution in [-0.4, -0.2) is 42.4 Å². The molecule has 19 heavy (non-hydrogen) atoms. The van der Waals surface area contributed by atoms with E-state index in [0.717, 1.165) is 13.0 Å². The molecule has 1 unspecified atom stereocenters. The lowest BCUT2D eigenvalue weighted by Crippen LogP contribution is -2.25. The van der Waals surface area contributed by atoms with Gasteiger partial charge in [-0.15, -0.1) is 0 Å². The average molecular weight is 277 g/mol. The number of halogens is 2. The van der Waals surface area contributed by atoms with Crippen molar-refractivity contribution in [1.82, 2.24) is 15.5 Å². The largest absolute Gasteiger partial charge is 0.375 e. The van der Waals surface area contributed by atoms with Gasteiger partial charge in [0, 0.05) is 18.9 Å². The summed E-state index contributed by atoms with van der Waals surface area (Å²) < 4.78 is 33.5. The lowest BCUT2D eigenvalue weighted by Gasteiger charge is -2.09. The molecule has 110 valence electrons. The molecule has 1 heterocycles. The van der Waals surface area contributed by atoms with Crippen molar-refractivity contribution in [3.63, 3.8) is 0 Å². The molecule has 0 saturated carbocycles. The Morgan fingerprint density at radius 1 is 1.37 bits per heavy atom. The number of nitrogens with one attached hydrogen (secondary N) is 1. The minimum atomic E-state index is -2.44. The summed E-state index contributed by atoms with van der Waals surface area (Å²) in [7, 11) is 0. The van der Waals surface area contributed by atoms with Gasteiger partial charge in [0.25, 0.3) is 6.43 Å². The van der Waals surface area contributed by atoms with Crippen LogP contribution < -0.4 is 5.32 Å². The predicted molar refractivity (Wildman–Crippen MR) is 66.3 cm³/mol. The van der Waals surface area contributed by atoms with Gasteiger partial charge in [0.1, 0.15) is 6.61 Å². The van der Waals surface area contributed by atoms with Crippen LogP contribution >= 0.6 is 0 Å². The Labute approximate surface area is 111 Å². The maximum atomic E-state index is 11.8. The molecule has 0 fully saturated rings. The van der Waals surface area contributed by atoms with Crippen LogP contribution in [0, 0.1) is 0 Å². The molecule has 0 spiro atoms. The molecule has 1 aromatic heterocycles. The Bertz CT molecular complexity index is 347. The molecule has 1 aromatic rings. The highest BCUT2D eigenvalue weighted by Gasteiger charge is 2.09. The van der Waals surface area contributed by atoms with Gasteiger partial charge in [0.05, 0.1) is 6.61 Å². The zero-order valence-electron chi connectivity index (χ0n) is 11.4. The fourth-order valence-corrected chi connectivity index (χ4v) is 1.62. The molecule has 0 aromatic carbocycles. The fourth-order valence-electron chi connectivity index (χ4n) is 1.62. The van der Waals surface area contributed by atoms with Crippen LogP contribution in [0.4, 0.5) is 8.78 Å².